The molecule has 1 fully saturated rings. The number of carbonyl (C=O) groups is 2. The molecule has 2 N–H and O–H groups in total. The Morgan fingerprint density at radius 3 is 2.92 bits per heavy atom. The van der Waals surface area contributed by atoms with Gasteiger partial charge in [-0.15, -0.1) is 11.3 Å². The molecule has 2 rings (SSSR count). The molecule has 0 radical (unpaired) electrons. The van der Waals surface area contributed by atoms with Gasteiger partial charge >= 0.3 is 0 Å². The molecule has 0 aliphatic carbocycles. The van der Waals surface area contributed by atoms with Gasteiger partial charge in [-0.05, 0) is 31.6 Å². The zero-order valence-corrected chi connectivity index (χ0v) is 16.3. The van der Waals surface area contributed by atoms with Crippen LogP contribution in [-0.4, -0.2) is 47.4 Å². The van der Waals surface area contributed by atoms with Crippen LogP contribution in [0.2, 0.25) is 0 Å². The van der Waals surface area contributed by atoms with Gasteiger partial charge in [0.25, 0.3) is 5.91 Å². The van der Waals surface area contributed by atoms with E-state index in [9.17, 15) is 9.59 Å². The topological polar surface area (TPSA) is 74.3 Å². The number of thiazole rings is 1. The van der Waals surface area contributed by atoms with Crippen LogP contribution in [0.15, 0.2) is 5.38 Å². The second-order valence-corrected chi connectivity index (χ2v) is 7.83. The Morgan fingerprint density at radius 1 is 1.40 bits per heavy atom. The molecule has 0 bridgehead atoms. The van der Waals surface area contributed by atoms with Crippen LogP contribution < -0.4 is 10.6 Å². The second kappa shape index (κ2) is 9.75. The van der Waals surface area contributed by atoms with Gasteiger partial charge in [0.2, 0.25) is 5.91 Å². The number of likely N-dealkylation sites (tertiary alicyclic amines) is 1. The fourth-order valence-electron chi connectivity index (χ4n) is 2.84. The van der Waals surface area contributed by atoms with Gasteiger partial charge in [-0.1, -0.05) is 27.2 Å². The summed E-state index contributed by atoms with van der Waals surface area (Å²) in [4.78, 5) is 31.5. The van der Waals surface area contributed by atoms with Crippen molar-refractivity contribution in [3.05, 3.63) is 11.1 Å². The number of hydrogen-bond donors (Lipinski definition) is 2. The Balaban J connectivity index is 2.01. The number of amides is 2. The summed E-state index contributed by atoms with van der Waals surface area (Å²) in [7, 11) is 0. The lowest BCUT2D eigenvalue weighted by Gasteiger charge is -2.34. The molecule has 6 nitrogen and oxygen atoms in total. The summed E-state index contributed by atoms with van der Waals surface area (Å²) < 4.78 is 0. The highest BCUT2D eigenvalue weighted by molar-refractivity contribution is 7.13. The minimum Gasteiger partial charge on any atom is -0.362 e. The number of anilines is 1. The molecule has 1 unspecified atom stereocenters. The van der Waals surface area contributed by atoms with E-state index in [0.717, 1.165) is 43.8 Å². The maximum Gasteiger partial charge on any atom is 0.274 e. The summed E-state index contributed by atoms with van der Waals surface area (Å²) in [6, 6.07) is -0.377. The van der Waals surface area contributed by atoms with Crippen LogP contribution >= 0.6 is 11.3 Å². The Bertz CT molecular complexity index is 573. The van der Waals surface area contributed by atoms with E-state index >= 15 is 0 Å². The first-order valence-corrected chi connectivity index (χ1v) is 10.2. The fraction of sp³-hybridized carbons (Fsp3) is 0.722. The molecule has 140 valence electrons. The van der Waals surface area contributed by atoms with Crippen molar-refractivity contribution in [2.24, 2.45) is 5.92 Å². The zero-order chi connectivity index (χ0) is 18.2. The lowest BCUT2D eigenvalue weighted by atomic mass is 10.0. The molecule has 1 saturated heterocycles. The summed E-state index contributed by atoms with van der Waals surface area (Å²) in [6.07, 6.45) is 4.83. The summed E-state index contributed by atoms with van der Waals surface area (Å²) in [5.74, 6) is 0.217. The van der Waals surface area contributed by atoms with Crippen molar-refractivity contribution in [2.45, 2.75) is 58.9 Å². The second-order valence-electron chi connectivity index (χ2n) is 6.97. The van der Waals surface area contributed by atoms with Crippen molar-refractivity contribution in [3.8, 4) is 0 Å². The van der Waals surface area contributed by atoms with Crippen molar-refractivity contribution in [1.29, 1.82) is 0 Å². The maximum atomic E-state index is 12.9. The van der Waals surface area contributed by atoms with Crippen LogP contribution in [0, 0.1) is 5.92 Å². The van der Waals surface area contributed by atoms with Crippen molar-refractivity contribution < 1.29 is 9.59 Å². The van der Waals surface area contributed by atoms with Gasteiger partial charge in [-0.3, -0.25) is 9.59 Å². The molecule has 1 aliphatic heterocycles. The molecule has 0 saturated carbocycles. The third-order valence-electron chi connectivity index (χ3n) is 4.28. The van der Waals surface area contributed by atoms with Crippen LogP contribution in [0.4, 0.5) is 5.13 Å². The highest BCUT2D eigenvalue weighted by Crippen LogP contribution is 2.22. The van der Waals surface area contributed by atoms with E-state index in [2.05, 4.69) is 36.4 Å². The largest absolute Gasteiger partial charge is 0.362 e. The number of carbonyl (C=O) groups excluding carboxylic acids is 2. The van der Waals surface area contributed by atoms with E-state index in [0.29, 0.717) is 24.7 Å². The first-order chi connectivity index (χ1) is 12.0. The summed E-state index contributed by atoms with van der Waals surface area (Å²) in [5.41, 5.74) is 0.438. The van der Waals surface area contributed by atoms with Gasteiger partial charge < -0.3 is 15.5 Å². The molecular formula is C18H30N4O2S. The van der Waals surface area contributed by atoms with E-state index < -0.39 is 0 Å². The van der Waals surface area contributed by atoms with Gasteiger partial charge in [-0.25, -0.2) is 4.98 Å². The maximum absolute atomic E-state index is 12.9. The quantitative estimate of drug-likeness (QED) is 0.693. The monoisotopic (exact) mass is 366 g/mol. The van der Waals surface area contributed by atoms with E-state index in [1.54, 1.807) is 10.3 Å². The zero-order valence-electron chi connectivity index (χ0n) is 15.5. The number of hydrogen-bond acceptors (Lipinski definition) is 5. The van der Waals surface area contributed by atoms with E-state index in [4.69, 9.17) is 0 Å². The molecule has 1 atom stereocenters. The predicted molar refractivity (Wildman–Crippen MR) is 102 cm³/mol. The smallest absolute Gasteiger partial charge is 0.274 e. The summed E-state index contributed by atoms with van der Waals surface area (Å²) in [6.45, 7) is 8.38. The molecule has 1 aromatic heterocycles. The molecule has 2 heterocycles. The third kappa shape index (κ3) is 5.70. The van der Waals surface area contributed by atoms with Gasteiger partial charge in [0.05, 0.1) is 0 Å². The van der Waals surface area contributed by atoms with E-state index in [1.165, 1.54) is 11.3 Å². The predicted octanol–water partition coefficient (Wildman–Crippen LogP) is 3.12. The minimum absolute atomic E-state index is 0.0433. The lowest BCUT2D eigenvalue weighted by Crippen LogP contribution is -2.52. The summed E-state index contributed by atoms with van der Waals surface area (Å²) >= 11 is 1.45. The van der Waals surface area contributed by atoms with Crippen LogP contribution in [0.5, 0.6) is 0 Å². The van der Waals surface area contributed by atoms with Crippen LogP contribution in [-0.2, 0) is 4.79 Å². The molecule has 2 amide bonds. The SMILES string of the molecule is CCCCNc1nc(C(=O)N2CCCCC2C(=O)NCC(C)C)cs1. The molecule has 7 heteroatoms. The van der Waals surface area contributed by atoms with Gasteiger partial charge in [0, 0.05) is 25.0 Å². The van der Waals surface area contributed by atoms with Crippen LogP contribution in [0.25, 0.3) is 0 Å². The van der Waals surface area contributed by atoms with Gasteiger partial charge in [-0.2, -0.15) is 0 Å². The van der Waals surface area contributed by atoms with Crippen molar-refractivity contribution in [2.75, 3.05) is 25.0 Å². The standard InChI is InChI=1S/C18H30N4O2S/c1-4-5-9-19-18-21-14(12-25-18)17(24)22-10-7-6-8-15(22)16(23)20-11-13(2)3/h12-13,15H,4-11H2,1-3H3,(H,19,21)(H,20,23). The van der Waals surface area contributed by atoms with Gasteiger partial charge in [0.15, 0.2) is 5.13 Å². The minimum atomic E-state index is -0.377. The first-order valence-electron chi connectivity index (χ1n) is 9.31. The summed E-state index contributed by atoms with van der Waals surface area (Å²) in [5, 5.41) is 8.77. The third-order valence-corrected chi connectivity index (χ3v) is 5.08. The number of nitrogens with one attached hydrogen (secondary N) is 2. The van der Waals surface area contributed by atoms with Crippen LogP contribution in [0.3, 0.4) is 0 Å². The van der Waals surface area contributed by atoms with Gasteiger partial charge in [0.1, 0.15) is 11.7 Å². The number of piperidine rings is 1. The number of rotatable bonds is 8. The molecular weight excluding hydrogens is 336 g/mol. The Kier molecular flexibility index (Phi) is 7.68. The first kappa shape index (κ1) is 19.7. The van der Waals surface area contributed by atoms with Crippen molar-refractivity contribution in [1.82, 2.24) is 15.2 Å². The number of unbranched alkanes of at least 4 members (excludes halogenated alkanes) is 1. The molecule has 0 spiro atoms. The normalized spacial score (nSPS) is 17.6. The van der Waals surface area contributed by atoms with Crippen molar-refractivity contribution in [3.63, 3.8) is 0 Å². The average molecular weight is 367 g/mol. The fourth-order valence-corrected chi connectivity index (χ4v) is 3.56. The van der Waals surface area contributed by atoms with Crippen LogP contribution in [0.1, 0.15) is 63.4 Å². The highest BCUT2D eigenvalue weighted by Gasteiger charge is 2.33. The number of nitrogens with zero attached hydrogens (tertiary/aromatic N) is 2. The molecule has 25 heavy (non-hydrogen) atoms. The van der Waals surface area contributed by atoms with E-state index in [1.807, 2.05) is 0 Å². The Hall–Kier alpha value is -1.63. The number of aromatic nitrogens is 1. The Labute approximate surface area is 154 Å². The van der Waals surface area contributed by atoms with E-state index in [-0.39, 0.29) is 17.9 Å². The average Bonchev–Trinajstić information content (AvgIpc) is 3.08. The Morgan fingerprint density at radius 2 is 2.20 bits per heavy atom. The highest BCUT2D eigenvalue weighted by atomic mass is 32.1. The lowest BCUT2D eigenvalue weighted by molar-refractivity contribution is -0.126. The molecule has 0 aromatic carbocycles. The molecule has 1 aromatic rings. The van der Waals surface area contributed by atoms with Crippen molar-refractivity contribution >= 4 is 28.3 Å². The molecule has 1 aliphatic rings.